The minimum Gasteiger partial charge on any atom is -0.446 e. The van der Waals surface area contributed by atoms with E-state index in [0.717, 1.165) is 25.1 Å². The van der Waals surface area contributed by atoms with Crippen LogP contribution in [0.2, 0.25) is 0 Å². The zero-order chi connectivity index (χ0) is 16.7. The number of carbonyl (C=O) groups excluding carboxylic acids is 1. The molecule has 0 N–H and O–H groups in total. The highest BCUT2D eigenvalue weighted by molar-refractivity contribution is 5.85. The van der Waals surface area contributed by atoms with Crippen LogP contribution in [0.3, 0.4) is 0 Å². The smallest absolute Gasteiger partial charge is 0.314 e. The van der Waals surface area contributed by atoms with Crippen molar-refractivity contribution in [3.63, 3.8) is 0 Å². The number of hydrogen-bond donors (Lipinski definition) is 0. The van der Waals surface area contributed by atoms with Crippen LogP contribution in [-0.4, -0.2) is 30.2 Å². The van der Waals surface area contributed by atoms with Crippen LogP contribution in [-0.2, 0) is 16.0 Å². The summed E-state index contributed by atoms with van der Waals surface area (Å²) in [4.78, 5) is 14.4. The van der Waals surface area contributed by atoms with Gasteiger partial charge in [-0.15, -0.1) is 12.4 Å². The normalized spacial score (nSPS) is 13.6. The summed E-state index contributed by atoms with van der Waals surface area (Å²) in [5.41, 5.74) is 2.33. The molecular formula is C19H32ClNO2. The molecule has 0 aromatic heterocycles. The zero-order valence-corrected chi connectivity index (χ0v) is 16.2. The Labute approximate surface area is 147 Å². The van der Waals surface area contributed by atoms with Crippen LogP contribution in [0, 0.1) is 5.92 Å². The lowest BCUT2D eigenvalue weighted by atomic mass is 9.97. The van der Waals surface area contributed by atoms with Crippen molar-refractivity contribution in [2.75, 3.05) is 13.1 Å². The molecule has 0 aliphatic heterocycles. The molecule has 3 nitrogen and oxygen atoms in total. The minimum absolute atomic E-state index is 0. The maximum Gasteiger partial charge on any atom is 0.314 e. The highest BCUT2D eigenvalue weighted by atomic mass is 35.5. The SMILES string of the molecule is CCN(CC)C(C)OC(=O)C(C)c1ccc(CC(C)C)cc1.Cl. The van der Waals surface area contributed by atoms with Gasteiger partial charge in [-0.05, 0) is 50.4 Å². The van der Waals surface area contributed by atoms with Gasteiger partial charge in [0.1, 0.15) is 0 Å². The van der Waals surface area contributed by atoms with E-state index < -0.39 is 0 Å². The lowest BCUT2D eigenvalue weighted by molar-refractivity contribution is -0.158. The lowest BCUT2D eigenvalue weighted by Crippen LogP contribution is -2.37. The first-order valence-electron chi connectivity index (χ1n) is 8.42. The fourth-order valence-corrected chi connectivity index (χ4v) is 2.63. The van der Waals surface area contributed by atoms with E-state index in [9.17, 15) is 4.79 Å². The fourth-order valence-electron chi connectivity index (χ4n) is 2.63. The van der Waals surface area contributed by atoms with Crippen LogP contribution in [0.1, 0.15) is 58.6 Å². The molecule has 0 aliphatic carbocycles. The van der Waals surface area contributed by atoms with Gasteiger partial charge < -0.3 is 4.74 Å². The number of esters is 1. The van der Waals surface area contributed by atoms with Gasteiger partial charge in [-0.2, -0.15) is 0 Å². The molecule has 132 valence electrons. The quantitative estimate of drug-likeness (QED) is 0.509. The number of carbonyl (C=O) groups is 1. The molecule has 0 fully saturated rings. The molecule has 0 spiro atoms. The summed E-state index contributed by atoms with van der Waals surface area (Å²) < 4.78 is 5.59. The Kier molecular flexibility index (Phi) is 10.2. The predicted octanol–water partition coefficient (Wildman–Crippen LogP) is 4.64. The van der Waals surface area contributed by atoms with E-state index in [4.69, 9.17) is 4.74 Å². The van der Waals surface area contributed by atoms with Crippen LogP contribution < -0.4 is 0 Å². The Morgan fingerprint density at radius 3 is 2.00 bits per heavy atom. The number of hydrogen-bond acceptors (Lipinski definition) is 3. The predicted molar refractivity (Wildman–Crippen MR) is 99.1 cm³/mol. The minimum atomic E-state index is -0.230. The van der Waals surface area contributed by atoms with Gasteiger partial charge in [0, 0.05) is 0 Å². The van der Waals surface area contributed by atoms with Crippen LogP contribution >= 0.6 is 12.4 Å². The Balaban J connectivity index is 0.00000484. The van der Waals surface area contributed by atoms with Crippen LogP contribution in [0.15, 0.2) is 24.3 Å². The highest BCUT2D eigenvalue weighted by Gasteiger charge is 2.21. The van der Waals surface area contributed by atoms with Gasteiger partial charge in [-0.1, -0.05) is 52.0 Å². The summed E-state index contributed by atoms with van der Waals surface area (Å²) in [6.45, 7) is 14.2. The van der Waals surface area contributed by atoms with Gasteiger partial charge in [-0.25, -0.2) is 0 Å². The van der Waals surface area contributed by atoms with Gasteiger partial charge in [0.25, 0.3) is 0 Å². The molecule has 0 radical (unpaired) electrons. The first-order chi connectivity index (χ1) is 10.4. The monoisotopic (exact) mass is 341 g/mol. The fraction of sp³-hybridized carbons (Fsp3) is 0.632. The molecular weight excluding hydrogens is 310 g/mol. The maximum absolute atomic E-state index is 12.3. The van der Waals surface area contributed by atoms with Crippen LogP contribution in [0.25, 0.3) is 0 Å². The molecule has 4 heteroatoms. The van der Waals surface area contributed by atoms with E-state index in [0.29, 0.717) is 5.92 Å². The summed E-state index contributed by atoms with van der Waals surface area (Å²) in [5.74, 6) is 0.255. The third kappa shape index (κ3) is 6.92. The summed E-state index contributed by atoms with van der Waals surface area (Å²) in [6, 6.07) is 8.33. The van der Waals surface area contributed by atoms with E-state index in [2.05, 4.69) is 44.7 Å². The van der Waals surface area contributed by atoms with Gasteiger partial charge in [-0.3, -0.25) is 9.69 Å². The van der Waals surface area contributed by atoms with Crippen molar-refractivity contribution in [1.29, 1.82) is 0 Å². The average Bonchev–Trinajstić information content (AvgIpc) is 2.47. The average molecular weight is 342 g/mol. The van der Waals surface area contributed by atoms with Crippen molar-refractivity contribution in [3.8, 4) is 0 Å². The van der Waals surface area contributed by atoms with Crippen molar-refractivity contribution < 1.29 is 9.53 Å². The second-order valence-corrected chi connectivity index (χ2v) is 6.32. The van der Waals surface area contributed by atoms with Gasteiger partial charge >= 0.3 is 5.97 Å². The number of benzene rings is 1. The molecule has 2 atom stereocenters. The third-order valence-electron chi connectivity index (χ3n) is 4.09. The van der Waals surface area contributed by atoms with Gasteiger partial charge in [0.2, 0.25) is 0 Å². The Hall–Kier alpha value is -1.06. The molecule has 0 saturated heterocycles. The van der Waals surface area contributed by atoms with Crippen molar-refractivity contribution >= 4 is 18.4 Å². The molecule has 1 rings (SSSR count). The van der Waals surface area contributed by atoms with Crippen molar-refractivity contribution in [2.24, 2.45) is 5.92 Å². The molecule has 1 aromatic rings. The topological polar surface area (TPSA) is 29.5 Å². The third-order valence-corrected chi connectivity index (χ3v) is 4.09. The lowest BCUT2D eigenvalue weighted by Gasteiger charge is -2.27. The van der Waals surface area contributed by atoms with Crippen molar-refractivity contribution in [1.82, 2.24) is 4.90 Å². The van der Waals surface area contributed by atoms with E-state index in [1.807, 2.05) is 26.0 Å². The standard InChI is InChI=1S/C19H31NO2.ClH/c1-7-20(8-2)16(6)22-19(21)15(5)18-11-9-17(10-12-18)13-14(3)4;/h9-12,14-16H,7-8,13H2,1-6H3;1H. The van der Waals surface area contributed by atoms with Crippen molar-refractivity contribution in [2.45, 2.75) is 60.1 Å². The molecule has 0 bridgehead atoms. The molecule has 2 unspecified atom stereocenters. The Morgan fingerprint density at radius 2 is 1.57 bits per heavy atom. The largest absolute Gasteiger partial charge is 0.446 e. The molecule has 1 aromatic carbocycles. The second-order valence-electron chi connectivity index (χ2n) is 6.32. The molecule has 0 amide bonds. The van der Waals surface area contributed by atoms with E-state index in [1.54, 1.807) is 0 Å². The molecule has 0 heterocycles. The summed E-state index contributed by atoms with van der Waals surface area (Å²) in [6.07, 6.45) is 0.892. The summed E-state index contributed by atoms with van der Waals surface area (Å²) in [5, 5.41) is 0. The maximum atomic E-state index is 12.3. The molecule has 23 heavy (non-hydrogen) atoms. The highest BCUT2D eigenvalue weighted by Crippen LogP contribution is 2.20. The first kappa shape index (κ1) is 21.9. The summed E-state index contributed by atoms with van der Waals surface area (Å²) in [7, 11) is 0. The van der Waals surface area contributed by atoms with Crippen molar-refractivity contribution in [3.05, 3.63) is 35.4 Å². The number of rotatable bonds is 8. The number of halogens is 1. The Morgan fingerprint density at radius 1 is 1.04 bits per heavy atom. The summed E-state index contributed by atoms with van der Waals surface area (Å²) >= 11 is 0. The molecule has 0 aliphatic rings. The van der Waals surface area contributed by atoms with E-state index in [1.165, 1.54) is 5.56 Å². The van der Waals surface area contributed by atoms with Crippen LogP contribution in [0.5, 0.6) is 0 Å². The second kappa shape index (κ2) is 10.7. The van der Waals surface area contributed by atoms with E-state index >= 15 is 0 Å². The van der Waals surface area contributed by atoms with Crippen LogP contribution in [0.4, 0.5) is 0 Å². The van der Waals surface area contributed by atoms with Gasteiger partial charge in [0.15, 0.2) is 6.23 Å². The molecule has 0 saturated carbocycles. The van der Waals surface area contributed by atoms with E-state index in [-0.39, 0.29) is 30.5 Å². The Bertz CT molecular complexity index is 455. The first-order valence-corrected chi connectivity index (χ1v) is 8.42. The zero-order valence-electron chi connectivity index (χ0n) is 15.3. The number of nitrogens with zero attached hydrogens (tertiary/aromatic N) is 1. The van der Waals surface area contributed by atoms with Gasteiger partial charge in [0.05, 0.1) is 5.92 Å². The number of ether oxygens (including phenoxy) is 1.